The second kappa shape index (κ2) is 6.16. The van der Waals surface area contributed by atoms with Gasteiger partial charge in [0.15, 0.2) is 0 Å². The van der Waals surface area contributed by atoms with Crippen LogP contribution in [-0.4, -0.2) is 43.9 Å². The molecule has 0 spiro atoms. The largest absolute Gasteiger partial charge is 0.493 e. The number of sulfonamides is 1. The Hall–Kier alpha value is -1.96. The van der Waals surface area contributed by atoms with Crippen molar-refractivity contribution in [3.63, 3.8) is 0 Å². The van der Waals surface area contributed by atoms with Crippen LogP contribution in [0.2, 0.25) is 0 Å². The zero-order valence-electron chi connectivity index (χ0n) is 13.2. The molecule has 1 aromatic carbocycles. The van der Waals surface area contributed by atoms with Gasteiger partial charge in [0.2, 0.25) is 10.0 Å². The average Bonchev–Trinajstić information content (AvgIpc) is 3.10. The van der Waals surface area contributed by atoms with Crippen molar-refractivity contribution in [2.24, 2.45) is 0 Å². The number of nitrogens with one attached hydrogen (secondary N) is 1. The van der Waals surface area contributed by atoms with E-state index in [2.05, 4.69) is 10.3 Å². The molecule has 3 heterocycles. The van der Waals surface area contributed by atoms with Crippen molar-refractivity contribution in [2.45, 2.75) is 17.4 Å². The molecule has 1 unspecified atom stereocenters. The van der Waals surface area contributed by atoms with Crippen LogP contribution in [-0.2, 0) is 16.4 Å². The van der Waals surface area contributed by atoms with Crippen LogP contribution in [0.5, 0.6) is 5.75 Å². The number of hydrogen-bond acceptors (Lipinski definition) is 5. The van der Waals surface area contributed by atoms with E-state index < -0.39 is 10.0 Å². The topological polar surface area (TPSA) is 71.5 Å². The van der Waals surface area contributed by atoms with Gasteiger partial charge in [-0.1, -0.05) is 6.07 Å². The summed E-state index contributed by atoms with van der Waals surface area (Å²) in [4.78, 5) is 4.47. The molecule has 2 aromatic rings. The van der Waals surface area contributed by atoms with Gasteiger partial charge in [-0.3, -0.25) is 4.98 Å². The Kier molecular flexibility index (Phi) is 3.99. The van der Waals surface area contributed by atoms with Gasteiger partial charge < -0.3 is 10.1 Å². The Morgan fingerprint density at radius 3 is 3.04 bits per heavy atom. The van der Waals surface area contributed by atoms with Crippen LogP contribution in [0.4, 0.5) is 0 Å². The molecule has 1 aromatic heterocycles. The van der Waals surface area contributed by atoms with E-state index in [1.165, 1.54) is 0 Å². The van der Waals surface area contributed by atoms with E-state index in [0.29, 0.717) is 31.1 Å². The van der Waals surface area contributed by atoms with Crippen molar-refractivity contribution in [3.05, 3.63) is 53.9 Å². The van der Waals surface area contributed by atoms with E-state index in [1.54, 1.807) is 34.9 Å². The van der Waals surface area contributed by atoms with Gasteiger partial charge in [-0.05, 0) is 35.4 Å². The van der Waals surface area contributed by atoms with Crippen LogP contribution >= 0.6 is 0 Å². The summed E-state index contributed by atoms with van der Waals surface area (Å²) in [6.07, 6.45) is 4.18. The molecule has 6 nitrogen and oxygen atoms in total. The maximum atomic E-state index is 13.2. The molecule has 0 radical (unpaired) electrons. The summed E-state index contributed by atoms with van der Waals surface area (Å²) in [6.45, 7) is 2.28. The Morgan fingerprint density at radius 2 is 2.21 bits per heavy atom. The zero-order chi connectivity index (χ0) is 16.6. The van der Waals surface area contributed by atoms with E-state index in [0.717, 1.165) is 23.3 Å². The highest BCUT2D eigenvalue weighted by molar-refractivity contribution is 7.89. The van der Waals surface area contributed by atoms with Crippen molar-refractivity contribution in [1.82, 2.24) is 14.6 Å². The number of benzene rings is 1. The molecular formula is C17H19N3O3S. The normalized spacial score (nSPS) is 21.2. The Labute approximate surface area is 141 Å². The summed E-state index contributed by atoms with van der Waals surface area (Å²) in [5.74, 6) is 0.790. The van der Waals surface area contributed by atoms with Crippen molar-refractivity contribution in [3.8, 4) is 5.75 Å². The molecule has 0 aliphatic carbocycles. The summed E-state index contributed by atoms with van der Waals surface area (Å²) < 4.78 is 33.5. The molecule has 1 saturated heterocycles. The molecule has 2 aliphatic rings. The average molecular weight is 345 g/mol. The number of aromatic nitrogens is 1. The maximum absolute atomic E-state index is 13.2. The Morgan fingerprint density at radius 1 is 1.29 bits per heavy atom. The number of ether oxygens (including phenoxy) is 1. The van der Waals surface area contributed by atoms with Crippen LogP contribution in [0.25, 0.3) is 0 Å². The van der Waals surface area contributed by atoms with Gasteiger partial charge in [0.1, 0.15) is 5.75 Å². The van der Waals surface area contributed by atoms with E-state index >= 15 is 0 Å². The number of piperazine rings is 1. The third kappa shape index (κ3) is 2.68. The first-order valence-electron chi connectivity index (χ1n) is 8.04. The monoisotopic (exact) mass is 345 g/mol. The minimum Gasteiger partial charge on any atom is -0.493 e. The zero-order valence-corrected chi connectivity index (χ0v) is 14.0. The predicted molar refractivity (Wildman–Crippen MR) is 89.4 cm³/mol. The number of rotatable bonds is 3. The Bertz CT molecular complexity index is 839. The summed E-state index contributed by atoms with van der Waals surface area (Å²) in [7, 11) is -3.57. The lowest BCUT2D eigenvalue weighted by Gasteiger charge is -2.35. The van der Waals surface area contributed by atoms with Crippen LogP contribution < -0.4 is 10.1 Å². The highest BCUT2D eigenvalue weighted by Gasteiger charge is 2.35. The molecule has 0 saturated carbocycles. The molecule has 24 heavy (non-hydrogen) atoms. The van der Waals surface area contributed by atoms with Crippen molar-refractivity contribution >= 4 is 10.0 Å². The van der Waals surface area contributed by atoms with Crippen molar-refractivity contribution in [1.29, 1.82) is 0 Å². The fourth-order valence-electron chi connectivity index (χ4n) is 3.29. The first-order chi connectivity index (χ1) is 11.7. The lowest BCUT2D eigenvalue weighted by Crippen LogP contribution is -2.48. The lowest BCUT2D eigenvalue weighted by molar-refractivity contribution is 0.271. The minimum absolute atomic E-state index is 0.248. The first kappa shape index (κ1) is 15.6. The minimum atomic E-state index is -3.57. The van der Waals surface area contributed by atoms with Crippen LogP contribution in [0.3, 0.4) is 0 Å². The quantitative estimate of drug-likeness (QED) is 0.909. The highest BCUT2D eigenvalue weighted by Crippen LogP contribution is 2.32. The lowest BCUT2D eigenvalue weighted by atomic mass is 10.1. The van der Waals surface area contributed by atoms with Gasteiger partial charge in [-0.25, -0.2) is 8.42 Å². The highest BCUT2D eigenvalue weighted by atomic mass is 32.2. The van der Waals surface area contributed by atoms with Crippen LogP contribution in [0.15, 0.2) is 47.6 Å². The molecule has 1 fully saturated rings. The molecule has 0 bridgehead atoms. The fraction of sp³-hybridized carbons (Fsp3) is 0.353. The third-order valence-corrected chi connectivity index (χ3v) is 6.44. The molecule has 0 amide bonds. The Balaban J connectivity index is 1.71. The van der Waals surface area contributed by atoms with Gasteiger partial charge in [0.05, 0.1) is 17.5 Å². The predicted octanol–water partition coefficient (Wildman–Crippen LogP) is 1.35. The molecule has 1 N–H and O–H groups in total. The van der Waals surface area contributed by atoms with Crippen LogP contribution in [0.1, 0.15) is 17.2 Å². The molecule has 1 atom stereocenters. The summed E-state index contributed by atoms with van der Waals surface area (Å²) >= 11 is 0. The van der Waals surface area contributed by atoms with Gasteiger partial charge in [-0.2, -0.15) is 4.31 Å². The summed E-state index contributed by atoms with van der Waals surface area (Å²) in [6, 6.07) is 8.66. The second-order valence-electron chi connectivity index (χ2n) is 5.99. The number of hydrogen-bond donors (Lipinski definition) is 1. The molecule has 126 valence electrons. The third-order valence-electron chi connectivity index (χ3n) is 4.53. The maximum Gasteiger partial charge on any atom is 0.243 e. The number of fused-ring (bicyclic) bond motifs is 1. The van der Waals surface area contributed by atoms with Crippen LogP contribution in [0, 0.1) is 0 Å². The number of nitrogens with zero attached hydrogens (tertiary/aromatic N) is 2. The first-order valence-corrected chi connectivity index (χ1v) is 9.48. The molecule has 7 heteroatoms. The van der Waals surface area contributed by atoms with E-state index in [4.69, 9.17) is 4.74 Å². The van der Waals surface area contributed by atoms with Gasteiger partial charge in [-0.15, -0.1) is 0 Å². The number of pyridine rings is 1. The van der Waals surface area contributed by atoms with Gasteiger partial charge in [0.25, 0.3) is 0 Å². The van der Waals surface area contributed by atoms with Gasteiger partial charge in [0, 0.05) is 38.4 Å². The molecular weight excluding hydrogens is 326 g/mol. The summed E-state index contributed by atoms with van der Waals surface area (Å²) in [5.41, 5.74) is 1.86. The van der Waals surface area contributed by atoms with E-state index in [9.17, 15) is 8.42 Å². The molecule has 2 aliphatic heterocycles. The van der Waals surface area contributed by atoms with E-state index in [1.807, 2.05) is 12.1 Å². The standard InChI is InChI=1S/C17H19N3O3S/c21-24(22,15-3-4-17-13(10-15)5-9-23-17)20-8-7-19-12-16(20)14-2-1-6-18-11-14/h1-4,6,10-11,16,19H,5,7-9,12H2. The van der Waals surface area contributed by atoms with Gasteiger partial charge >= 0.3 is 0 Å². The van der Waals surface area contributed by atoms with Crippen molar-refractivity contribution in [2.75, 3.05) is 26.2 Å². The summed E-state index contributed by atoms with van der Waals surface area (Å²) in [5, 5.41) is 3.27. The second-order valence-corrected chi connectivity index (χ2v) is 7.88. The smallest absolute Gasteiger partial charge is 0.243 e. The van der Waals surface area contributed by atoms with E-state index in [-0.39, 0.29) is 6.04 Å². The molecule has 4 rings (SSSR count). The van der Waals surface area contributed by atoms with Crippen molar-refractivity contribution < 1.29 is 13.2 Å². The fourth-order valence-corrected chi connectivity index (χ4v) is 4.95. The SMILES string of the molecule is O=S(=O)(c1ccc2c(c1)CCO2)N1CCNCC1c1cccnc1.